The average Bonchev–Trinajstić information content (AvgIpc) is 2.82. The lowest BCUT2D eigenvalue weighted by atomic mass is 9.96. The third-order valence-corrected chi connectivity index (χ3v) is 4.83. The second-order valence-corrected chi connectivity index (χ2v) is 6.68. The number of alkyl halides is 3. The molecule has 142 valence electrons. The maximum Gasteiger partial charge on any atom is 0.471 e. The summed E-state index contributed by atoms with van der Waals surface area (Å²) in [6, 6.07) is 9.49. The molecule has 0 unspecified atom stereocenters. The van der Waals surface area contributed by atoms with E-state index in [2.05, 4.69) is 0 Å². The zero-order valence-electron chi connectivity index (χ0n) is 14.2. The van der Waals surface area contributed by atoms with Crippen molar-refractivity contribution in [3.05, 3.63) is 69.5 Å². The van der Waals surface area contributed by atoms with E-state index in [0.717, 1.165) is 16.0 Å². The van der Waals surface area contributed by atoms with Crippen LogP contribution in [0, 0.1) is 5.82 Å². The largest absolute Gasteiger partial charge is 0.471 e. The molecule has 0 saturated carbocycles. The van der Waals surface area contributed by atoms with Crippen molar-refractivity contribution < 1.29 is 22.4 Å². The van der Waals surface area contributed by atoms with E-state index >= 15 is 0 Å². The first-order chi connectivity index (χ1) is 12.8. The maximum absolute atomic E-state index is 13.3. The van der Waals surface area contributed by atoms with Crippen LogP contribution in [0.1, 0.15) is 22.3 Å². The lowest BCUT2D eigenvalue weighted by Crippen LogP contribution is -2.42. The third-order valence-electron chi connectivity index (χ3n) is 4.50. The van der Waals surface area contributed by atoms with Crippen molar-refractivity contribution in [1.29, 1.82) is 0 Å². The zero-order chi connectivity index (χ0) is 19.6. The Morgan fingerprint density at radius 1 is 1.07 bits per heavy atom. The molecule has 1 amide bonds. The van der Waals surface area contributed by atoms with Crippen molar-refractivity contribution in [2.45, 2.75) is 19.0 Å². The van der Waals surface area contributed by atoms with Gasteiger partial charge in [0, 0.05) is 18.1 Å². The lowest BCUT2D eigenvalue weighted by molar-refractivity contribution is -0.185. The topological polar surface area (TPSA) is 20.3 Å². The minimum absolute atomic E-state index is 0.0000263. The summed E-state index contributed by atoms with van der Waals surface area (Å²) in [5.74, 6) is -2.19. The number of amides is 1. The molecule has 2 aromatic rings. The molecule has 0 spiro atoms. The number of hydrogen-bond donors (Lipinski definition) is 0. The number of hydrogen-bond acceptors (Lipinski definition) is 1. The second kappa shape index (κ2) is 7.72. The van der Waals surface area contributed by atoms with Gasteiger partial charge in [0.25, 0.3) is 0 Å². The number of fused-ring (bicyclic) bond motifs is 1. The first kappa shape index (κ1) is 19.4. The summed E-state index contributed by atoms with van der Waals surface area (Å²) in [6.45, 7) is -0.0352. The van der Waals surface area contributed by atoms with Crippen molar-refractivity contribution in [3.63, 3.8) is 0 Å². The highest BCUT2D eigenvalue weighted by atomic mass is 35.5. The number of carbonyl (C=O) groups excluding carboxylic acids is 1. The molecule has 0 aromatic heterocycles. The van der Waals surface area contributed by atoms with Gasteiger partial charge in [-0.3, -0.25) is 4.79 Å². The molecule has 2 aromatic carbocycles. The van der Waals surface area contributed by atoms with E-state index in [9.17, 15) is 22.4 Å². The average molecular weight is 398 g/mol. The summed E-state index contributed by atoms with van der Waals surface area (Å²) in [7, 11) is 0. The molecule has 7 heteroatoms. The van der Waals surface area contributed by atoms with Gasteiger partial charge in [-0.05, 0) is 53.3 Å². The Labute approximate surface area is 159 Å². The first-order valence-electron chi connectivity index (χ1n) is 8.35. The number of benzene rings is 2. The van der Waals surface area contributed by atoms with Gasteiger partial charge in [0.05, 0.1) is 0 Å². The molecular formula is C20H16ClF4NO. The molecule has 0 aliphatic carbocycles. The van der Waals surface area contributed by atoms with E-state index in [1.165, 1.54) is 12.1 Å². The zero-order valence-corrected chi connectivity index (χ0v) is 14.9. The van der Waals surface area contributed by atoms with Crippen LogP contribution >= 0.6 is 11.6 Å². The normalized spacial score (nSPS) is 14.9. The first-order valence-corrected chi connectivity index (χ1v) is 8.73. The van der Waals surface area contributed by atoms with Gasteiger partial charge < -0.3 is 4.90 Å². The predicted octanol–water partition coefficient (Wildman–Crippen LogP) is 5.14. The Balaban J connectivity index is 1.89. The molecule has 3 rings (SSSR count). The molecule has 1 heterocycles. The van der Waals surface area contributed by atoms with Gasteiger partial charge in [0.1, 0.15) is 5.82 Å². The van der Waals surface area contributed by atoms with Gasteiger partial charge in [-0.1, -0.05) is 42.0 Å². The van der Waals surface area contributed by atoms with Crippen molar-refractivity contribution >= 4 is 29.7 Å². The van der Waals surface area contributed by atoms with Crippen LogP contribution in [0.4, 0.5) is 17.6 Å². The summed E-state index contributed by atoms with van der Waals surface area (Å²) in [4.78, 5) is 12.4. The van der Waals surface area contributed by atoms with Crippen LogP contribution in [0.15, 0.2) is 36.4 Å². The Kier molecular flexibility index (Phi) is 5.56. The molecule has 0 bridgehead atoms. The second-order valence-electron chi connectivity index (χ2n) is 6.28. The molecule has 0 saturated heterocycles. The summed E-state index contributed by atoms with van der Waals surface area (Å²) in [5.41, 5.74) is 2.99. The molecule has 0 N–H and O–H groups in total. The summed E-state index contributed by atoms with van der Waals surface area (Å²) in [5, 5.41) is 0.456. The molecule has 0 fully saturated rings. The van der Waals surface area contributed by atoms with E-state index in [1.54, 1.807) is 36.4 Å². The van der Waals surface area contributed by atoms with E-state index < -0.39 is 12.1 Å². The molecule has 0 radical (unpaired) electrons. The Morgan fingerprint density at radius 3 is 2.52 bits per heavy atom. The summed E-state index contributed by atoms with van der Waals surface area (Å²) < 4.78 is 51.5. The van der Waals surface area contributed by atoms with E-state index in [1.807, 2.05) is 0 Å². The van der Waals surface area contributed by atoms with Gasteiger partial charge >= 0.3 is 12.1 Å². The highest BCUT2D eigenvalue weighted by Gasteiger charge is 2.42. The smallest absolute Gasteiger partial charge is 0.334 e. The van der Waals surface area contributed by atoms with Crippen LogP contribution in [0.5, 0.6) is 0 Å². The van der Waals surface area contributed by atoms with Crippen LogP contribution in [0.25, 0.3) is 12.2 Å². The summed E-state index contributed by atoms with van der Waals surface area (Å²) in [6.07, 6.45) is -0.866. The van der Waals surface area contributed by atoms with Crippen molar-refractivity contribution in [2.24, 2.45) is 0 Å². The Hall–Kier alpha value is -2.34. The predicted molar refractivity (Wildman–Crippen MR) is 96.8 cm³/mol. The molecule has 27 heavy (non-hydrogen) atoms. The van der Waals surface area contributed by atoms with E-state index in [4.69, 9.17) is 11.6 Å². The van der Waals surface area contributed by atoms with Crippen molar-refractivity contribution in [2.75, 3.05) is 13.1 Å². The minimum atomic E-state index is -4.88. The monoisotopic (exact) mass is 397 g/mol. The third kappa shape index (κ3) is 4.50. The Bertz CT molecular complexity index is 892. The fraction of sp³-hybridized carbons (Fsp3) is 0.250. The Morgan fingerprint density at radius 2 is 1.81 bits per heavy atom. The number of halogens is 5. The van der Waals surface area contributed by atoms with Crippen molar-refractivity contribution in [1.82, 2.24) is 4.90 Å². The van der Waals surface area contributed by atoms with Crippen LogP contribution in [0.2, 0.25) is 5.02 Å². The standard InChI is InChI=1S/C20H16ClF4NO/c21-18-7-5-14-8-10-26(19(27)20(23,24)25)11-9-16(14)17(18)6-4-13-2-1-3-15(22)12-13/h1-7,12H,8-11H2/b6-4-. The molecular weight excluding hydrogens is 382 g/mol. The van der Waals surface area contributed by atoms with Gasteiger partial charge in [0.15, 0.2) is 0 Å². The van der Waals surface area contributed by atoms with Crippen LogP contribution < -0.4 is 0 Å². The summed E-state index contributed by atoms with van der Waals surface area (Å²) >= 11 is 6.30. The molecule has 1 aliphatic heterocycles. The van der Waals surface area contributed by atoms with Gasteiger partial charge in [0.2, 0.25) is 0 Å². The molecule has 0 atom stereocenters. The molecule has 1 aliphatic rings. The quantitative estimate of drug-likeness (QED) is 0.507. The highest BCUT2D eigenvalue weighted by Crippen LogP contribution is 2.30. The van der Waals surface area contributed by atoms with Gasteiger partial charge in [-0.15, -0.1) is 0 Å². The van der Waals surface area contributed by atoms with Crippen LogP contribution in [-0.2, 0) is 17.6 Å². The minimum Gasteiger partial charge on any atom is -0.334 e. The SMILES string of the molecule is O=C(N1CCc2ccc(Cl)c(/C=C\c3cccc(F)c3)c2CC1)C(F)(F)F. The van der Waals surface area contributed by atoms with Crippen molar-refractivity contribution in [3.8, 4) is 0 Å². The number of carbonyl (C=O) groups is 1. The van der Waals surface area contributed by atoms with E-state index in [0.29, 0.717) is 22.6 Å². The van der Waals surface area contributed by atoms with Gasteiger partial charge in [-0.25, -0.2) is 4.39 Å². The number of nitrogens with zero attached hydrogens (tertiary/aromatic N) is 1. The maximum atomic E-state index is 13.3. The van der Waals surface area contributed by atoms with E-state index in [-0.39, 0.29) is 25.3 Å². The fourth-order valence-electron chi connectivity index (χ4n) is 3.18. The highest BCUT2D eigenvalue weighted by molar-refractivity contribution is 6.32. The lowest BCUT2D eigenvalue weighted by Gasteiger charge is -2.21. The fourth-order valence-corrected chi connectivity index (χ4v) is 3.42. The van der Waals surface area contributed by atoms with Gasteiger partial charge in [-0.2, -0.15) is 13.2 Å². The van der Waals surface area contributed by atoms with Crippen LogP contribution in [-0.4, -0.2) is 30.1 Å². The number of rotatable bonds is 2. The molecule has 2 nitrogen and oxygen atoms in total. The van der Waals surface area contributed by atoms with Crippen LogP contribution in [0.3, 0.4) is 0 Å².